The minimum atomic E-state index is -0.841. The summed E-state index contributed by atoms with van der Waals surface area (Å²) in [5, 5.41) is 7.42. The van der Waals surface area contributed by atoms with Gasteiger partial charge in [-0.1, -0.05) is 0 Å². The van der Waals surface area contributed by atoms with Gasteiger partial charge in [0.25, 0.3) is 0 Å². The molecule has 0 saturated carbocycles. The lowest BCUT2D eigenvalue weighted by atomic mass is 10.3. The average Bonchev–Trinajstić information content (AvgIpc) is 2.65. The van der Waals surface area contributed by atoms with E-state index in [1.54, 1.807) is 0 Å². The quantitative estimate of drug-likeness (QED) is 0.806. The van der Waals surface area contributed by atoms with Crippen LogP contribution in [0.2, 0.25) is 0 Å². The first kappa shape index (κ1) is 12.1. The van der Waals surface area contributed by atoms with E-state index in [0.717, 1.165) is 28.6 Å². The number of hydrogen-bond acceptors (Lipinski definition) is 5. The Labute approximate surface area is 99.0 Å². The van der Waals surface area contributed by atoms with E-state index in [0.29, 0.717) is 0 Å². The second-order valence-electron chi connectivity index (χ2n) is 3.41. The summed E-state index contributed by atoms with van der Waals surface area (Å²) in [4.78, 5) is 14.7. The number of nitrogens with zero attached hydrogens (tertiary/aromatic N) is 2. The van der Waals surface area contributed by atoms with Crippen molar-refractivity contribution in [1.29, 1.82) is 0 Å². The molecule has 17 heavy (non-hydrogen) atoms. The summed E-state index contributed by atoms with van der Waals surface area (Å²) in [6.07, 6.45) is 2.02. The van der Waals surface area contributed by atoms with Crippen molar-refractivity contribution in [3.05, 3.63) is 34.4 Å². The summed E-state index contributed by atoms with van der Waals surface area (Å²) < 4.78 is 27.4. The number of hydrogen-bond donors (Lipinski definition) is 2. The number of nitrogen functional groups attached to an aromatic ring is 1. The van der Waals surface area contributed by atoms with Gasteiger partial charge < -0.3 is 10.8 Å². The largest absolute Gasteiger partial charge is 0.395 e. The van der Waals surface area contributed by atoms with Crippen molar-refractivity contribution in [2.75, 3.05) is 12.3 Å². The molecular weight excluding hydrogens is 252 g/mol. The normalized spacial score (nSPS) is 23.8. The molecule has 0 saturated heterocycles. The first-order chi connectivity index (χ1) is 8.02. The fourth-order valence-electron chi connectivity index (χ4n) is 1.43. The van der Waals surface area contributed by atoms with Crippen LogP contribution in [0.15, 0.2) is 22.9 Å². The molecule has 1 aromatic heterocycles. The van der Waals surface area contributed by atoms with Crippen LogP contribution in [0.1, 0.15) is 5.37 Å². The molecule has 0 bridgehead atoms. The van der Waals surface area contributed by atoms with Crippen LogP contribution >= 0.6 is 11.8 Å². The van der Waals surface area contributed by atoms with E-state index in [9.17, 15) is 13.6 Å². The van der Waals surface area contributed by atoms with Crippen molar-refractivity contribution in [3.63, 3.8) is 0 Å². The van der Waals surface area contributed by atoms with Gasteiger partial charge in [-0.3, -0.25) is 4.57 Å². The molecule has 2 heterocycles. The molecule has 0 amide bonds. The van der Waals surface area contributed by atoms with E-state index in [2.05, 4.69) is 4.98 Å². The van der Waals surface area contributed by atoms with Gasteiger partial charge in [0.2, 0.25) is 0 Å². The summed E-state index contributed by atoms with van der Waals surface area (Å²) in [7, 11) is 0. The van der Waals surface area contributed by atoms with Crippen LogP contribution in [0.4, 0.5) is 14.6 Å². The van der Waals surface area contributed by atoms with Crippen LogP contribution in [0.3, 0.4) is 0 Å². The number of aliphatic hydroxyl groups excluding tert-OH is 1. The molecule has 1 aromatic rings. The molecule has 0 spiro atoms. The molecule has 1 aliphatic rings. The Balaban J connectivity index is 2.37. The van der Waals surface area contributed by atoms with Crippen LogP contribution in [0.25, 0.3) is 0 Å². The van der Waals surface area contributed by atoms with Gasteiger partial charge in [0.1, 0.15) is 11.2 Å². The Bertz CT molecular complexity index is 531. The average molecular weight is 261 g/mol. The van der Waals surface area contributed by atoms with Crippen molar-refractivity contribution in [1.82, 2.24) is 9.55 Å². The van der Waals surface area contributed by atoms with E-state index in [-0.39, 0.29) is 6.61 Å². The lowest BCUT2D eigenvalue weighted by Crippen LogP contribution is -2.26. The zero-order valence-electron chi connectivity index (χ0n) is 8.51. The Morgan fingerprint density at radius 2 is 2.29 bits per heavy atom. The zero-order chi connectivity index (χ0) is 12.6. The van der Waals surface area contributed by atoms with Crippen molar-refractivity contribution in [2.24, 2.45) is 0 Å². The number of aromatic nitrogens is 2. The van der Waals surface area contributed by atoms with Gasteiger partial charge in [-0.05, 0) is 6.08 Å². The topological polar surface area (TPSA) is 81.1 Å². The third-order valence-electron chi connectivity index (χ3n) is 2.29. The van der Waals surface area contributed by atoms with Crippen molar-refractivity contribution < 1.29 is 13.9 Å². The van der Waals surface area contributed by atoms with E-state index >= 15 is 0 Å². The monoisotopic (exact) mass is 261 g/mol. The van der Waals surface area contributed by atoms with E-state index in [1.165, 1.54) is 0 Å². The Hall–Kier alpha value is -1.41. The predicted octanol–water partition coefficient (Wildman–Crippen LogP) is 0.424. The van der Waals surface area contributed by atoms with Gasteiger partial charge in [0, 0.05) is 6.20 Å². The number of rotatable bonds is 2. The van der Waals surface area contributed by atoms with Crippen molar-refractivity contribution in [3.8, 4) is 0 Å². The Morgan fingerprint density at radius 3 is 2.88 bits per heavy atom. The molecule has 0 unspecified atom stereocenters. The first-order valence-electron chi connectivity index (χ1n) is 4.70. The summed E-state index contributed by atoms with van der Waals surface area (Å²) in [6.45, 7) is -0.386. The first-order valence-corrected chi connectivity index (χ1v) is 5.65. The number of anilines is 1. The lowest BCUT2D eigenvalue weighted by molar-refractivity contribution is 0.295. The molecule has 8 heteroatoms. The summed E-state index contributed by atoms with van der Waals surface area (Å²) >= 11 is 0.998. The van der Waals surface area contributed by atoms with Crippen LogP contribution in [0, 0.1) is 5.82 Å². The maximum atomic E-state index is 13.3. The van der Waals surface area contributed by atoms with E-state index in [1.807, 2.05) is 0 Å². The molecule has 0 aliphatic carbocycles. The maximum Gasteiger partial charge on any atom is 0.350 e. The summed E-state index contributed by atoms with van der Waals surface area (Å²) in [6, 6.07) is 0. The molecule has 3 N–H and O–H groups in total. The molecule has 2 rings (SSSR count). The van der Waals surface area contributed by atoms with Crippen LogP contribution < -0.4 is 11.4 Å². The molecule has 0 aromatic carbocycles. The predicted molar refractivity (Wildman–Crippen MR) is 59.6 cm³/mol. The van der Waals surface area contributed by atoms with Gasteiger partial charge in [-0.25, -0.2) is 13.6 Å². The highest BCUT2D eigenvalue weighted by molar-refractivity contribution is 8.00. The molecular formula is C9H9F2N3O2S. The second kappa shape index (κ2) is 4.46. The molecule has 1 aliphatic heterocycles. The van der Waals surface area contributed by atoms with Gasteiger partial charge in [-0.2, -0.15) is 4.98 Å². The van der Waals surface area contributed by atoms with E-state index in [4.69, 9.17) is 10.8 Å². The minimum absolute atomic E-state index is 0.386. The van der Waals surface area contributed by atoms with Gasteiger partial charge in [-0.15, -0.1) is 11.8 Å². The summed E-state index contributed by atoms with van der Waals surface area (Å²) in [5.74, 6) is -1.87. The molecule has 0 fully saturated rings. The molecule has 92 valence electrons. The second-order valence-corrected chi connectivity index (χ2v) is 4.74. The zero-order valence-corrected chi connectivity index (χ0v) is 9.32. The van der Waals surface area contributed by atoms with Crippen LogP contribution in [-0.2, 0) is 0 Å². The number of halogens is 2. The molecule has 2 atom stereocenters. The number of thioether (sulfide) groups is 1. The van der Waals surface area contributed by atoms with Crippen LogP contribution in [-0.4, -0.2) is 26.5 Å². The van der Waals surface area contributed by atoms with Gasteiger partial charge >= 0.3 is 5.69 Å². The number of nitrogens with two attached hydrogens (primary N) is 1. The molecule has 5 nitrogen and oxygen atoms in total. The molecule has 0 radical (unpaired) electrons. The van der Waals surface area contributed by atoms with Crippen LogP contribution in [0.5, 0.6) is 0 Å². The highest BCUT2D eigenvalue weighted by Crippen LogP contribution is 2.39. The van der Waals surface area contributed by atoms with Crippen molar-refractivity contribution >= 4 is 17.6 Å². The smallest absolute Gasteiger partial charge is 0.350 e. The maximum absolute atomic E-state index is 13.3. The van der Waals surface area contributed by atoms with Gasteiger partial charge in [0.05, 0.1) is 11.9 Å². The Morgan fingerprint density at radius 1 is 1.59 bits per heavy atom. The highest BCUT2D eigenvalue weighted by Gasteiger charge is 2.29. The van der Waals surface area contributed by atoms with Crippen molar-refractivity contribution in [2.45, 2.75) is 10.6 Å². The van der Waals surface area contributed by atoms with E-state index < -0.39 is 33.8 Å². The number of aliphatic hydroxyl groups is 1. The third kappa shape index (κ3) is 2.18. The lowest BCUT2D eigenvalue weighted by Gasteiger charge is -2.12. The third-order valence-corrected chi connectivity index (χ3v) is 3.63. The standard InChI is InChI=1S/C9H9F2N3O2S/c10-4-1-7(17-6(4)3-15)14-2-5(11)8(12)13-9(14)16/h1-2,6-7,15H,3H2,(H2,12,13,16)/t6-,7-/m1/s1. The van der Waals surface area contributed by atoms with Gasteiger partial charge in [0.15, 0.2) is 11.6 Å². The highest BCUT2D eigenvalue weighted by atomic mass is 32.2. The minimum Gasteiger partial charge on any atom is -0.395 e. The SMILES string of the molecule is Nc1nc(=O)n([C@H]2C=C(F)[C@@H](CO)S2)cc1F. The fraction of sp³-hybridized carbons (Fsp3) is 0.333. The Kier molecular flexibility index (Phi) is 3.16. The fourth-order valence-corrected chi connectivity index (χ4v) is 2.55. The summed E-state index contributed by atoms with van der Waals surface area (Å²) in [5.41, 5.74) is 4.37.